The van der Waals surface area contributed by atoms with Crippen LogP contribution in [0.3, 0.4) is 0 Å². The van der Waals surface area contributed by atoms with Crippen LogP contribution in [0.1, 0.15) is 6.42 Å². The zero-order valence-electron chi connectivity index (χ0n) is 8.01. The molecule has 0 unspecified atom stereocenters. The molecular weight excluding hydrogens is 200 g/mol. The van der Waals surface area contributed by atoms with Crippen LogP contribution in [-0.2, 0) is 4.74 Å². The monoisotopic (exact) mass is 212 g/mol. The summed E-state index contributed by atoms with van der Waals surface area (Å²) in [4.78, 5) is 6.10. The highest BCUT2D eigenvalue weighted by Gasteiger charge is 2.08. The average molecular weight is 212 g/mol. The maximum Gasteiger partial charge on any atom is 0.205 e. The van der Waals surface area contributed by atoms with Crippen molar-refractivity contribution in [2.24, 2.45) is 0 Å². The van der Waals surface area contributed by atoms with Gasteiger partial charge in [0.1, 0.15) is 6.33 Å². The largest absolute Gasteiger partial charge is 0.383 e. The maximum atomic E-state index is 8.50. The molecule has 0 atom stereocenters. The van der Waals surface area contributed by atoms with Crippen molar-refractivity contribution in [2.45, 2.75) is 6.42 Å². The molecule has 14 heavy (non-hydrogen) atoms. The van der Waals surface area contributed by atoms with Crippen molar-refractivity contribution in [3.05, 3.63) is 6.33 Å². The van der Waals surface area contributed by atoms with Crippen molar-refractivity contribution >= 4 is 16.7 Å². The quantitative estimate of drug-likeness (QED) is 0.701. The highest BCUT2D eigenvalue weighted by atomic mass is 32.1. The van der Waals surface area contributed by atoms with Crippen LogP contribution in [0.15, 0.2) is 6.33 Å². The minimum Gasteiger partial charge on any atom is -0.383 e. The Labute approximate surface area is 87.1 Å². The third-order valence-electron chi connectivity index (χ3n) is 1.68. The van der Waals surface area contributed by atoms with Gasteiger partial charge in [-0.3, -0.25) is 0 Å². The zero-order valence-corrected chi connectivity index (χ0v) is 8.83. The molecule has 0 aromatic carbocycles. The molecule has 5 nitrogen and oxygen atoms in total. The van der Waals surface area contributed by atoms with E-state index in [1.807, 2.05) is 4.90 Å². The van der Waals surface area contributed by atoms with Gasteiger partial charge in [-0.2, -0.15) is 9.64 Å². The number of rotatable bonds is 6. The second-order valence-corrected chi connectivity index (χ2v) is 3.37. The summed E-state index contributed by atoms with van der Waals surface area (Å²) in [5.41, 5.74) is 0. The van der Waals surface area contributed by atoms with Crippen LogP contribution in [0, 0.1) is 11.3 Å². The van der Waals surface area contributed by atoms with E-state index in [-0.39, 0.29) is 0 Å². The number of hydrogen-bond donors (Lipinski definition) is 0. The summed E-state index contributed by atoms with van der Waals surface area (Å²) in [6.07, 6.45) is 2.01. The lowest BCUT2D eigenvalue weighted by atomic mass is 10.4. The van der Waals surface area contributed by atoms with Crippen LogP contribution in [-0.4, -0.2) is 36.2 Å². The van der Waals surface area contributed by atoms with Gasteiger partial charge >= 0.3 is 0 Å². The highest BCUT2D eigenvalue weighted by Crippen LogP contribution is 2.14. The van der Waals surface area contributed by atoms with Gasteiger partial charge in [-0.05, 0) is 0 Å². The summed E-state index contributed by atoms with van der Waals surface area (Å²) in [7, 11) is 1.66. The van der Waals surface area contributed by atoms with Gasteiger partial charge in [-0.25, -0.2) is 4.98 Å². The van der Waals surface area contributed by atoms with Crippen molar-refractivity contribution in [3.8, 4) is 6.07 Å². The fourth-order valence-electron chi connectivity index (χ4n) is 0.996. The Morgan fingerprint density at radius 1 is 1.64 bits per heavy atom. The first-order chi connectivity index (χ1) is 6.88. The summed E-state index contributed by atoms with van der Waals surface area (Å²) in [5.74, 6) is 0. The number of anilines is 1. The van der Waals surface area contributed by atoms with Gasteiger partial charge in [0.2, 0.25) is 5.13 Å². The van der Waals surface area contributed by atoms with E-state index in [1.165, 1.54) is 17.9 Å². The van der Waals surface area contributed by atoms with Gasteiger partial charge in [0, 0.05) is 31.7 Å². The molecule has 0 radical (unpaired) electrons. The molecule has 0 bridgehead atoms. The Morgan fingerprint density at radius 2 is 2.50 bits per heavy atom. The third kappa shape index (κ3) is 3.28. The molecule has 0 aliphatic carbocycles. The minimum absolute atomic E-state index is 0.489. The van der Waals surface area contributed by atoms with E-state index in [2.05, 4.69) is 15.4 Å². The van der Waals surface area contributed by atoms with Crippen molar-refractivity contribution < 1.29 is 4.74 Å². The maximum absolute atomic E-state index is 8.50. The standard InChI is InChI=1S/C8H12N4OS/c1-13-6-5-12(4-2-3-9)8-10-7-11-14-8/h7H,2,4-6H2,1H3. The fraction of sp³-hybridized carbons (Fsp3) is 0.625. The lowest BCUT2D eigenvalue weighted by molar-refractivity contribution is 0.205. The Balaban J connectivity index is 2.49. The molecule has 1 aromatic rings. The van der Waals surface area contributed by atoms with Gasteiger partial charge in [0.05, 0.1) is 19.1 Å². The molecule has 0 aliphatic heterocycles. The highest BCUT2D eigenvalue weighted by molar-refractivity contribution is 7.09. The van der Waals surface area contributed by atoms with Gasteiger partial charge in [0.25, 0.3) is 0 Å². The van der Waals surface area contributed by atoms with E-state index in [9.17, 15) is 0 Å². The molecule has 0 N–H and O–H groups in total. The van der Waals surface area contributed by atoms with Gasteiger partial charge in [-0.1, -0.05) is 0 Å². The number of aromatic nitrogens is 2. The second kappa shape index (κ2) is 6.29. The van der Waals surface area contributed by atoms with Gasteiger partial charge in [-0.15, -0.1) is 0 Å². The van der Waals surface area contributed by atoms with Crippen LogP contribution >= 0.6 is 11.5 Å². The first-order valence-electron chi connectivity index (χ1n) is 4.26. The van der Waals surface area contributed by atoms with Crippen LogP contribution in [0.25, 0.3) is 0 Å². The summed E-state index contributed by atoms with van der Waals surface area (Å²) in [6, 6.07) is 2.11. The molecule has 0 aliphatic rings. The molecule has 76 valence electrons. The van der Waals surface area contributed by atoms with Crippen LogP contribution in [0.2, 0.25) is 0 Å². The van der Waals surface area contributed by atoms with E-state index in [0.717, 1.165) is 11.7 Å². The van der Waals surface area contributed by atoms with E-state index >= 15 is 0 Å². The van der Waals surface area contributed by atoms with Crippen molar-refractivity contribution in [1.82, 2.24) is 9.36 Å². The van der Waals surface area contributed by atoms with Crippen molar-refractivity contribution in [3.63, 3.8) is 0 Å². The van der Waals surface area contributed by atoms with Gasteiger partial charge < -0.3 is 9.64 Å². The first kappa shape index (κ1) is 10.9. The first-order valence-corrected chi connectivity index (χ1v) is 5.03. The Hall–Kier alpha value is -1.19. The van der Waals surface area contributed by atoms with Crippen molar-refractivity contribution in [1.29, 1.82) is 5.26 Å². The lowest BCUT2D eigenvalue weighted by Gasteiger charge is -2.18. The van der Waals surface area contributed by atoms with Crippen LogP contribution < -0.4 is 4.90 Å². The fourth-order valence-corrected chi connectivity index (χ4v) is 1.58. The SMILES string of the molecule is COCCN(CCC#N)c1ncns1. The van der Waals surface area contributed by atoms with E-state index in [0.29, 0.717) is 19.6 Å². The molecule has 6 heteroatoms. The number of hydrogen-bond acceptors (Lipinski definition) is 6. The number of nitrogens with zero attached hydrogens (tertiary/aromatic N) is 4. The molecule has 0 amide bonds. The average Bonchev–Trinajstić information content (AvgIpc) is 2.71. The molecular formula is C8H12N4OS. The summed E-state index contributed by atoms with van der Waals surface area (Å²) < 4.78 is 8.91. The molecule has 1 aromatic heterocycles. The molecule has 1 rings (SSSR count). The van der Waals surface area contributed by atoms with Gasteiger partial charge in [0.15, 0.2) is 0 Å². The predicted octanol–water partition coefficient (Wildman–Crippen LogP) is 0.905. The predicted molar refractivity (Wildman–Crippen MR) is 54.2 cm³/mol. The van der Waals surface area contributed by atoms with Crippen molar-refractivity contribution in [2.75, 3.05) is 31.7 Å². The number of nitriles is 1. The molecule has 0 fully saturated rings. The van der Waals surface area contributed by atoms with E-state index < -0.39 is 0 Å². The lowest BCUT2D eigenvalue weighted by Crippen LogP contribution is -2.27. The van der Waals surface area contributed by atoms with Crippen LogP contribution in [0.4, 0.5) is 5.13 Å². The Kier molecular flexibility index (Phi) is 4.89. The molecule has 0 saturated carbocycles. The number of ether oxygens (including phenoxy) is 1. The summed E-state index contributed by atoms with van der Waals surface area (Å²) in [5, 5.41) is 9.34. The Morgan fingerprint density at radius 3 is 3.07 bits per heavy atom. The van der Waals surface area contributed by atoms with Crippen LogP contribution in [0.5, 0.6) is 0 Å². The number of methoxy groups -OCH3 is 1. The third-order valence-corrected chi connectivity index (χ3v) is 2.41. The zero-order chi connectivity index (χ0) is 10.2. The Bertz CT molecular complexity index is 282. The molecule has 0 spiro atoms. The smallest absolute Gasteiger partial charge is 0.205 e. The topological polar surface area (TPSA) is 62.0 Å². The molecule has 1 heterocycles. The summed E-state index contributed by atoms with van der Waals surface area (Å²) in [6.45, 7) is 2.05. The van der Waals surface area contributed by atoms with E-state index in [1.54, 1.807) is 7.11 Å². The summed E-state index contributed by atoms with van der Waals surface area (Å²) >= 11 is 1.33. The normalized spacial score (nSPS) is 9.71. The molecule has 0 saturated heterocycles. The van der Waals surface area contributed by atoms with E-state index in [4.69, 9.17) is 10.00 Å². The minimum atomic E-state index is 0.489. The second-order valence-electron chi connectivity index (χ2n) is 2.61.